The predicted octanol–water partition coefficient (Wildman–Crippen LogP) is 4.88. The van der Waals surface area contributed by atoms with E-state index in [2.05, 4.69) is 75.1 Å². The second kappa shape index (κ2) is 4.97. The fraction of sp³-hybridized carbons (Fsp3) is 0.368. The Morgan fingerprint density at radius 1 is 0.800 bits per heavy atom. The van der Waals surface area contributed by atoms with E-state index in [1.807, 2.05) is 0 Å². The first-order valence-electron chi connectivity index (χ1n) is 7.58. The summed E-state index contributed by atoms with van der Waals surface area (Å²) in [6, 6.07) is 16.6. The first-order chi connectivity index (χ1) is 9.59. The SMILES string of the molecule is CC(C)N(c1cccc2c1Cc1ccccc1-2)C(C)C. The van der Waals surface area contributed by atoms with Crippen molar-refractivity contribution < 1.29 is 0 Å². The van der Waals surface area contributed by atoms with Gasteiger partial charge in [0.25, 0.3) is 0 Å². The Bertz CT molecular complexity index is 617. The molecule has 0 saturated heterocycles. The van der Waals surface area contributed by atoms with Gasteiger partial charge in [0.15, 0.2) is 0 Å². The van der Waals surface area contributed by atoms with Gasteiger partial charge < -0.3 is 4.90 Å². The van der Waals surface area contributed by atoms with Crippen LogP contribution in [0.5, 0.6) is 0 Å². The molecule has 0 radical (unpaired) electrons. The maximum Gasteiger partial charge on any atom is 0.0413 e. The van der Waals surface area contributed by atoms with Crippen molar-refractivity contribution in [3.63, 3.8) is 0 Å². The Hall–Kier alpha value is -1.76. The molecule has 1 aliphatic rings. The Morgan fingerprint density at radius 2 is 1.45 bits per heavy atom. The summed E-state index contributed by atoms with van der Waals surface area (Å²) in [6.07, 6.45) is 1.07. The van der Waals surface area contributed by atoms with Crippen molar-refractivity contribution in [1.29, 1.82) is 0 Å². The van der Waals surface area contributed by atoms with E-state index < -0.39 is 0 Å². The molecule has 0 bridgehead atoms. The molecule has 0 spiro atoms. The van der Waals surface area contributed by atoms with Gasteiger partial charge in [-0.3, -0.25) is 0 Å². The quantitative estimate of drug-likeness (QED) is 0.652. The number of anilines is 1. The largest absolute Gasteiger partial charge is 0.366 e. The summed E-state index contributed by atoms with van der Waals surface area (Å²) in [7, 11) is 0. The van der Waals surface area contributed by atoms with Gasteiger partial charge in [0.05, 0.1) is 0 Å². The van der Waals surface area contributed by atoms with Crippen LogP contribution in [0.2, 0.25) is 0 Å². The third kappa shape index (κ3) is 2.02. The average Bonchev–Trinajstić information content (AvgIpc) is 2.78. The van der Waals surface area contributed by atoms with Crippen molar-refractivity contribution in [2.75, 3.05) is 4.90 Å². The molecule has 0 heterocycles. The number of hydrogen-bond acceptors (Lipinski definition) is 1. The lowest BCUT2D eigenvalue weighted by atomic mass is 10.0. The van der Waals surface area contributed by atoms with Crippen LogP contribution in [0.3, 0.4) is 0 Å². The molecule has 3 rings (SSSR count). The monoisotopic (exact) mass is 265 g/mol. The van der Waals surface area contributed by atoms with Gasteiger partial charge in [0.1, 0.15) is 0 Å². The topological polar surface area (TPSA) is 3.24 Å². The van der Waals surface area contributed by atoms with Gasteiger partial charge in [0.2, 0.25) is 0 Å². The highest BCUT2D eigenvalue weighted by atomic mass is 15.2. The van der Waals surface area contributed by atoms with Gasteiger partial charge in [0, 0.05) is 24.2 Å². The molecule has 0 aromatic heterocycles. The number of nitrogens with zero attached hydrogens (tertiary/aromatic N) is 1. The molecule has 0 N–H and O–H groups in total. The van der Waals surface area contributed by atoms with E-state index in [1.165, 1.54) is 27.9 Å². The van der Waals surface area contributed by atoms with E-state index in [0.29, 0.717) is 12.1 Å². The number of fused-ring (bicyclic) bond motifs is 3. The van der Waals surface area contributed by atoms with Crippen molar-refractivity contribution >= 4 is 5.69 Å². The van der Waals surface area contributed by atoms with E-state index in [4.69, 9.17) is 0 Å². The van der Waals surface area contributed by atoms with E-state index in [0.717, 1.165) is 6.42 Å². The second-order valence-electron chi connectivity index (χ2n) is 6.23. The zero-order valence-electron chi connectivity index (χ0n) is 12.9. The summed E-state index contributed by atoms with van der Waals surface area (Å²) in [5.74, 6) is 0. The number of rotatable bonds is 3. The van der Waals surface area contributed by atoms with Gasteiger partial charge in [-0.25, -0.2) is 0 Å². The fourth-order valence-corrected chi connectivity index (χ4v) is 3.53. The fourth-order valence-electron chi connectivity index (χ4n) is 3.53. The first-order valence-corrected chi connectivity index (χ1v) is 7.58. The molecular weight excluding hydrogens is 242 g/mol. The summed E-state index contributed by atoms with van der Waals surface area (Å²) >= 11 is 0. The minimum absolute atomic E-state index is 0.519. The summed E-state index contributed by atoms with van der Waals surface area (Å²) < 4.78 is 0. The van der Waals surface area contributed by atoms with Crippen LogP contribution in [-0.2, 0) is 6.42 Å². The standard InChI is InChI=1S/C19H23N/c1-13(2)20(14(3)4)19-11-7-10-17-16-9-6-5-8-15(16)12-18(17)19/h5-11,13-14H,12H2,1-4H3. The highest BCUT2D eigenvalue weighted by Gasteiger charge is 2.24. The van der Waals surface area contributed by atoms with Crippen LogP contribution in [0, 0.1) is 0 Å². The smallest absolute Gasteiger partial charge is 0.0413 e. The molecule has 0 unspecified atom stereocenters. The molecule has 20 heavy (non-hydrogen) atoms. The number of hydrogen-bond donors (Lipinski definition) is 0. The zero-order valence-corrected chi connectivity index (χ0v) is 12.9. The summed E-state index contributed by atoms with van der Waals surface area (Å²) in [5, 5.41) is 0. The molecule has 0 fully saturated rings. The molecule has 2 aromatic rings. The Morgan fingerprint density at radius 3 is 2.15 bits per heavy atom. The zero-order chi connectivity index (χ0) is 14.3. The van der Waals surface area contributed by atoms with Crippen LogP contribution in [0.15, 0.2) is 42.5 Å². The molecule has 1 nitrogen and oxygen atoms in total. The second-order valence-corrected chi connectivity index (χ2v) is 6.23. The van der Waals surface area contributed by atoms with Crippen molar-refractivity contribution in [3.05, 3.63) is 53.6 Å². The van der Waals surface area contributed by atoms with E-state index >= 15 is 0 Å². The molecule has 104 valence electrons. The first kappa shape index (κ1) is 13.2. The predicted molar refractivity (Wildman–Crippen MR) is 87.4 cm³/mol. The highest BCUT2D eigenvalue weighted by Crippen LogP contribution is 2.42. The summed E-state index contributed by atoms with van der Waals surface area (Å²) in [5.41, 5.74) is 7.20. The summed E-state index contributed by atoms with van der Waals surface area (Å²) in [4.78, 5) is 2.53. The van der Waals surface area contributed by atoms with Crippen molar-refractivity contribution in [2.45, 2.75) is 46.2 Å². The van der Waals surface area contributed by atoms with E-state index in [-0.39, 0.29) is 0 Å². The maximum atomic E-state index is 2.53. The van der Waals surface area contributed by atoms with Crippen molar-refractivity contribution in [1.82, 2.24) is 0 Å². The van der Waals surface area contributed by atoms with Gasteiger partial charge in [-0.05, 0) is 56.0 Å². The molecular formula is C19H23N. The number of benzene rings is 2. The van der Waals surface area contributed by atoms with Crippen LogP contribution in [0.25, 0.3) is 11.1 Å². The van der Waals surface area contributed by atoms with Gasteiger partial charge in [-0.2, -0.15) is 0 Å². The molecule has 0 saturated carbocycles. The lowest BCUT2D eigenvalue weighted by molar-refractivity contribution is 0.606. The molecule has 2 aromatic carbocycles. The van der Waals surface area contributed by atoms with E-state index in [9.17, 15) is 0 Å². The molecule has 0 amide bonds. The van der Waals surface area contributed by atoms with Crippen LogP contribution in [0.4, 0.5) is 5.69 Å². The lowest BCUT2D eigenvalue weighted by Gasteiger charge is -2.34. The lowest BCUT2D eigenvalue weighted by Crippen LogP contribution is -2.37. The Balaban J connectivity index is 2.13. The summed E-state index contributed by atoms with van der Waals surface area (Å²) in [6.45, 7) is 9.12. The van der Waals surface area contributed by atoms with Crippen LogP contribution < -0.4 is 4.90 Å². The maximum absolute atomic E-state index is 2.53. The van der Waals surface area contributed by atoms with Gasteiger partial charge >= 0.3 is 0 Å². The normalized spacial score (nSPS) is 12.7. The van der Waals surface area contributed by atoms with Gasteiger partial charge in [-0.1, -0.05) is 36.4 Å². The van der Waals surface area contributed by atoms with Crippen molar-refractivity contribution in [2.24, 2.45) is 0 Å². The van der Waals surface area contributed by atoms with Crippen LogP contribution in [0.1, 0.15) is 38.8 Å². The van der Waals surface area contributed by atoms with Gasteiger partial charge in [-0.15, -0.1) is 0 Å². The molecule has 1 heteroatoms. The van der Waals surface area contributed by atoms with Crippen LogP contribution in [-0.4, -0.2) is 12.1 Å². The van der Waals surface area contributed by atoms with Crippen LogP contribution >= 0.6 is 0 Å². The molecule has 0 atom stereocenters. The Labute approximate surface area is 122 Å². The minimum Gasteiger partial charge on any atom is -0.366 e. The van der Waals surface area contributed by atoms with Crippen molar-refractivity contribution in [3.8, 4) is 11.1 Å². The average molecular weight is 265 g/mol. The Kier molecular flexibility index (Phi) is 3.29. The minimum atomic E-state index is 0.519. The van der Waals surface area contributed by atoms with E-state index in [1.54, 1.807) is 0 Å². The molecule has 0 aliphatic heterocycles. The molecule has 1 aliphatic carbocycles. The highest BCUT2D eigenvalue weighted by molar-refractivity contribution is 5.82. The third-order valence-corrected chi connectivity index (χ3v) is 4.22. The third-order valence-electron chi connectivity index (χ3n) is 4.22.